The summed E-state index contributed by atoms with van der Waals surface area (Å²) in [5.74, 6) is 0. The fraction of sp³-hybridized carbons (Fsp3) is 0. The summed E-state index contributed by atoms with van der Waals surface area (Å²) < 4.78 is 4.87. The molecular weight excluding hydrogens is 340 g/mol. The highest BCUT2D eigenvalue weighted by Gasteiger charge is 2.27. The van der Waals surface area contributed by atoms with E-state index < -0.39 is 0 Å². The summed E-state index contributed by atoms with van der Waals surface area (Å²) in [4.78, 5) is 0. The first kappa shape index (κ1) is 14.3. The normalized spacial score (nSPS) is 12.3. The van der Waals surface area contributed by atoms with Gasteiger partial charge < -0.3 is 0 Å². The van der Waals surface area contributed by atoms with Crippen molar-refractivity contribution in [1.29, 1.82) is 0 Å². The lowest BCUT2D eigenvalue weighted by Gasteiger charge is -2.11. The lowest BCUT2D eigenvalue weighted by molar-refractivity contribution is 1.16. The summed E-state index contributed by atoms with van der Waals surface area (Å²) in [6.45, 7) is 0. The highest BCUT2D eigenvalue weighted by atomic mass is 15.1. The van der Waals surface area contributed by atoms with Gasteiger partial charge in [-0.25, -0.2) is 0 Å². The summed E-state index contributed by atoms with van der Waals surface area (Å²) in [5.41, 5.74) is 11.4. The number of rotatable bonds is 0. The quantitative estimate of drug-likeness (QED) is 0.286. The van der Waals surface area contributed by atoms with Crippen LogP contribution in [0.3, 0.4) is 0 Å². The molecule has 0 N–H and O–H groups in total. The Morgan fingerprint density at radius 1 is 0.464 bits per heavy atom. The van der Waals surface area contributed by atoms with Crippen LogP contribution in [0, 0.1) is 0 Å². The van der Waals surface area contributed by atoms with Crippen LogP contribution in [0.1, 0.15) is 0 Å². The molecule has 130 valence electrons. The van der Waals surface area contributed by atoms with E-state index in [1.54, 1.807) is 0 Å². The van der Waals surface area contributed by atoms with Gasteiger partial charge in [-0.3, -0.25) is 8.97 Å². The van der Waals surface area contributed by atoms with Crippen molar-refractivity contribution < 1.29 is 0 Å². The van der Waals surface area contributed by atoms with Crippen LogP contribution >= 0.6 is 0 Å². The molecule has 0 aliphatic carbocycles. The second kappa shape index (κ2) is 4.93. The molecule has 0 radical (unpaired) electrons. The van der Waals surface area contributed by atoms with Gasteiger partial charge in [0.1, 0.15) is 5.65 Å². The van der Waals surface area contributed by atoms with Crippen molar-refractivity contribution in [3.63, 3.8) is 0 Å². The second-order valence-electron chi connectivity index (χ2n) is 7.44. The molecule has 2 aromatic heterocycles. The molecule has 0 fully saturated rings. The highest BCUT2D eigenvalue weighted by molar-refractivity contribution is 6.13. The number of aromatic nitrogens is 2. The zero-order chi connectivity index (χ0) is 18.2. The number of fused-ring (bicyclic) bond motifs is 11. The predicted octanol–water partition coefficient (Wildman–Crippen LogP) is 6.68. The van der Waals surface area contributed by atoms with Crippen LogP contribution < -0.4 is 0 Å². The zero-order valence-corrected chi connectivity index (χ0v) is 15.1. The standard InChI is InChI=1S/C26H16N2/c1-2-11-19-17(9-1)18-10-3-5-13-21(18)27-23-15-7-8-16-24(23)28-22-14-6-4-12-20(22)25(19)26(27)28/h1-16H. The molecule has 1 aliphatic heterocycles. The predicted molar refractivity (Wildman–Crippen MR) is 116 cm³/mol. The van der Waals surface area contributed by atoms with Crippen LogP contribution in [0.4, 0.5) is 0 Å². The molecule has 0 bridgehead atoms. The highest BCUT2D eigenvalue weighted by Crippen LogP contribution is 2.47. The molecule has 0 saturated carbocycles. The van der Waals surface area contributed by atoms with Crippen molar-refractivity contribution in [2.45, 2.75) is 0 Å². The Hall–Kier alpha value is -3.78. The first-order valence-corrected chi connectivity index (χ1v) is 9.65. The second-order valence-corrected chi connectivity index (χ2v) is 7.44. The van der Waals surface area contributed by atoms with Crippen LogP contribution in [0.15, 0.2) is 97.1 Å². The van der Waals surface area contributed by atoms with Crippen molar-refractivity contribution in [1.82, 2.24) is 8.97 Å². The number of imidazole rings is 1. The topological polar surface area (TPSA) is 9.34 Å². The Labute approximate surface area is 161 Å². The van der Waals surface area contributed by atoms with Crippen LogP contribution in [-0.4, -0.2) is 8.97 Å². The van der Waals surface area contributed by atoms with E-state index in [1.807, 2.05) is 0 Å². The number of benzene rings is 4. The SMILES string of the molecule is c1ccc2c(c1)-c1ccccc1-n1c3ccccc3n3c4ccccc4c-2c13. The van der Waals surface area contributed by atoms with Crippen LogP contribution in [0.5, 0.6) is 0 Å². The maximum absolute atomic E-state index is 2.44. The average Bonchev–Trinajstić information content (AvgIpc) is 3.22. The first-order valence-electron chi connectivity index (χ1n) is 9.65. The Kier molecular flexibility index (Phi) is 2.52. The fourth-order valence-electron chi connectivity index (χ4n) is 4.98. The average molecular weight is 356 g/mol. The molecule has 0 atom stereocenters. The summed E-state index contributed by atoms with van der Waals surface area (Å²) >= 11 is 0. The van der Waals surface area contributed by atoms with Crippen molar-refractivity contribution in [3.8, 4) is 27.9 Å². The molecule has 2 heteroatoms. The van der Waals surface area contributed by atoms with E-state index in [9.17, 15) is 0 Å². The van der Waals surface area contributed by atoms with E-state index in [0.717, 1.165) is 0 Å². The fourth-order valence-corrected chi connectivity index (χ4v) is 4.98. The maximum Gasteiger partial charge on any atom is 0.131 e. The Balaban J connectivity index is 1.90. The molecule has 0 spiro atoms. The first-order chi connectivity index (χ1) is 13.9. The number of nitrogens with zero attached hydrogens (tertiary/aromatic N) is 2. The summed E-state index contributed by atoms with van der Waals surface area (Å²) in [7, 11) is 0. The molecule has 7 rings (SSSR count). The molecule has 0 amide bonds. The molecule has 2 nitrogen and oxygen atoms in total. The van der Waals surface area contributed by atoms with E-state index in [0.29, 0.717) is 0 Å². The number of hydrogen-bond donors (Lipinski definition) is 0. The van der Waals surface area contributed by atoms with Gasteiger partial charge in [0, 0.05) is 16.5 Å². The Morgan fingerprint density at radius 3 is 1.93 bits per heavy atom. The third kappa shape index (κ3) is 1.55. The molecule has 28 heavy (non-hydrogen) atoms. The summed E-state index contributed by atoms with van der Waals surface area (Å²) in [5, 5.41) is 1.30. The molecule has 0 saturated heterocycles. The summed E-state index contributed by atoms with van der Waals surface area (Å²) in [6.07, 6.45) is 0. The summed E-state index contributed by atoms with van der Waals surface area (Å²) in [6, 6.07) is 35.1. The van der Waals surface area contributed by atoms with E-state index in [-0.39, 0.29) is 0 Å². The van der Waals surface area contributed by atoms with Crippen LogP contribution in [-0.2, 0) is 0 Å². The molecule has 3 heterocycles. The van der Waals surface area contributed by atoms with Crippen molar-refractivity contribution in [2.24, 2.45) is 0 Å². The molecule has 0 unspecified atom stereocenters. The molecule has 1 aliphatic rings. The van der Waals surface area contributed by atoms with Gasteiger partial charge >= 0.3 is 0 Å². The monoisotopic (exact) mass is 356 g/mol. The van der Waals surface area contributed by atoms with Crippen molar-refractivity contribution in [3.05, 3.63) is 97.1 Å². The third-order valence-electron chi connectivity index (χ3n) is 6.06. The van der Waals surface area contributed by atoms with Gasteiger partial charge in [0.25, 0.3) is 0 Å². The van der Waals surface area contributed by atoms with E-state index >= 15 is 0 Å². The van der Waals surface area contributed by atoms with Gasteiger partial charge in [-0.2, -0.15) is 0 Å². The minimum Gasteiger partial charge on any atom is -0.293 e. The Morgan fingerprint density at radius 2 is 1.07 bits per heavy atom. The van der Waals surface area contributed by atoms with Crippen molar-refractivity contribution >= 4 is 27.6 Å². The number of hydrogen-bond acceptors (Lipinski definition) is 0. The van der Waals surface area contributed by atoms with E-state index in [2.05, 4.69) is 106 Å². The number of para-hydroxylation sites is 4. The van der Waals surface area contributed by atoms with Gasteiger partial charge in [-0.05, 0) is 35.4 Å². The zero-order valence-electron chi connectivity index (χ0n) is 15.1. The molecule has 4 aromatic carbocycles. The van der Waals surface area contributed by atoms with Gasteiger partial charge in [0.15, 0.2) is 0 Å². The Bertz CT molecular complexity index is 1450. The van der Waals surface area contributed by atoms with Gasteiger partial charge in [0.05, 0.1) is 22.2 Å². The minimum absolute atomic E-state index is 1.24. The lowest BCUT2D eigenvalue weighted by Crippen LogP contribution is -1.95. The van der Waals surface area contributed by atoms with Gasteiger partial charge in [0.2, 0.25) is 0 Å². The van der Waals surface area contributed by atoms with E-state index in [4.69, 9.17) is 0 Å². The molecule has 6 aromatic rings. The molecular formula is C26H16N2. The largest absolute Gasteiger partial charge is 0.293 e. The third-order valence-corrected chi connectivity index (χ3v) is 6.06. The lowest BCUT2D eigenvalue weighted by atomic mass is 9.94. The van der Waals surface area contributed by atoms with E-state index in [1.165, 1.54) is 55.5 Å². The smallest absolute Gasteiger partial charge is 0.131 e. The van der Waals surface area contributed by atoms with Crippen LogP contribution in [0.25, 0.3) is 55.5 Å². The minimum atomic E-state index is 1.24. The maximum atomic E-state index is 2.44. The van der Waals surface area contributed by atoms with Gasteiger partial charge in [-0.1, -0.05) is 72.8 Å². The van der Waals surface area contributed by atoms with Gasteiger partial charge in [-0.15, -0.1) is 0 Å². The van der Waals surface area contributed by atoms with Crippen LogP contribution in [0.2, 0.25) is 0 Å². The van der Waals surface area contributed by atoms with Crippen molar-refractivity contribution in [2.75, 3.05) is 0 Å².